The number of halogens is 1. The summed E-state index contributed by atoms with van der Waals surface area (Å²) in [6, 6.07) is 7.57. The minimum absolute atomic E-state index is 0.00643. The highest BCUT2D eigenvalue weighted by Gasteiger charge is 2.59. The quantitative estimate of drug-likeness (QED) is 0.436. The first kappa shape index (κ1) is 11.6. The predicted octanol–water partition coefficient (Wildman–Crippen LogP) is 2.60. The third-order valence-corrected chi connectivity index (χ3v) is 5.27. The summed E-state index contributed by atoms with van der Waals surface area (Å²) in [6.07, 6.45) is 5.22. The Morgan fingerprint density at radius 3 is 2.00 bits per heavy atom. The van der Waals surface area contributed by atoms with Gasteiger partial charge in [-0.1, -0.05) is 12.2 Å². The van der Waals surface area contributed by atoms with Crippen molar-refractivity contribution in [2.75, 3.05) is 4.90 Å². The fraction of sp³-hybridized carbons (Fsp3) is 0.333. The number of carbonyl (C=O) groups is 2. The fourth-order valence-electron chi connectivity index (χ4n) is 3.75. The van der Waals surface area contributed by atoms with Crippen molar-refractivity contribution in [3.8, 4) is 0 Å². The third kappa shape index (κ3) is 1.49. The predicted molar refractivity (Wildman–Crippen MR) is 79.4 cm³/mol. The van der Waals surface area contributed by atoms with E-state index in [1.807, 2.05) is 24.3 Å². The highest BCUT2D eigenvalue weighted by atomic mass is 127. The van der Waals surface area contributed by atoms with Crippen molar-refractivity contribution in [2.45, 2.75) is 6.42 Å². The minimum atomic E-state index is -0.109. The first-order valence-corrected chi connectivity index (χ1v) is 7.56. The Balaban J connectivity index is 1.74. The summed E-state index contributed by atoms with van der Waals surface area (Å²) in [6.45, 7) is 0. The van der Waals surface area contributed by atoms with Gasteiger partial charge in [-0.25, -0.2) is 0 Å². The molecule has 3 aliphatic rings. The van der Waals surface area contributed by atoms with E-state index in [-0.39, 0.29) is 35.5 Å². The summed E-state index contributed by atoms with van der Waals surface area (Å²) in [7, 11) is 0. The van der Waals surface area contributed by atoms with E-state index in [2.05, 4.69) is 34.7 Å². The largest absolute Gasteiger partial charge is 0.274 e. The van der Waals surface area contributed by atoms with E-state index >= 15 is 0 Å². The molecule has 19 heavy (non-hydrogen) atoms. The minimum Gasteiger partial charge on any atom is -0.274 e. The summed E-state index contributed by atoms with van der Waals surface area (Å²) < 4.78 is 1.10. The zero-order valence-electron chi connectivity index (χ0n) is 10.1. The second-order valence-electron chi connectivity index (χ2n) is 5.49. The average Bonchev–Trinajstić information content (AvgIpc) is 3.06. The van der Waals surface area contributed by atoms with Crippen molar-refractivity contribution >= 4 is 40.1 Å². The maximum Gasteiger partial charge on any atom is 0.238 e. The van der Waals surface area contributed by atoms with E-state index in [9.17, 15) is 9.59 Å². The van der Waals surface area contributed by atoms with Gasteiger partial charge in [0.2, 0.25) is 11.8 Å². The van der Waals surface area contributed by atoms with Gasteiger partial charge in [-0.2, -0.15) is 0 Å². The number of nitrogens with zero attached hydrogens (tertiary/aromatic N) is 1. The zero-order valence-corrected chi connectivity index (χ0v) is 12.3. The molecule has 0 N–H and O–H groups in total. The van der Waals surface area contributed by atoms with Crippen LogP contribution in [0.15, 0.2) is 36.4 Å². The molecule has 96 valence electrons. The summed E-state index contributed by atoms with van der Waals surface area (Å²) in [5.74, 6) is 0.324. The van der Waals surface area contributed by atoms with Crippen LogP contribution in [0.3, 0.4) is 0 Å². The second kappa shape index (κ2) is 3.91. The van der Waals surface area contributed by atoms with E-state index in [1.54, 1.807) is 0 Å². The Bertz CT molecular complexity index is 577. The molecule has 1 aromatic carbocycles. The van der Waals surface area contributed by atoms with Crippen molar-refractivity contribution < 1.29 is 9.59 Å². The maximum absolute atomic E-state index is 12.5. The van der Waals surface area contributed by atoms with Gasteiger partial charge in [0.15, 0.2) is 0 Å². The second-order valence-corrected chi connectivity index (χ2v) is 6.73. The molecule has 0 radical (unpaired) electrons. The molecule has 0 spiro atoms. The molecular formula is C15H12INO2. The number of anilines is 1. The number of hydrogen-bond donors (Lipinski definition) is 0. The maximum atomic E-state index is 12.5. The molecule has 2 bridgehead atoms. The number of hydrogen-bond acceptors (Lipinski definition) is 2. The zero-order chi connectivity index (χ0) is 13.1. The Kier molecular flexibility index (Phi) is 2.40. The standard InChI is InChI=1S/C15H12INO2/c16-10-3-5-11(6-4-10)17-14(18)12-8-1-2-9(7-8)13(12)15(17)19/h1-6,8-9,12-13H,7H2. The van der Waals surface area contributed by atoms with E-state index in [0.29, 0.717) is 5.69 Å². The van der Waals surface area contributed by atoms with Gasteiger partial charge in [0, 0.05) is 3.57 Å². The van der Waals surface area contributed by atoms with Gasteiger partial charge in [0.25, 0.3) is 0 Å². The lowest BCUT2D eigenvalue weighted by atomic mass is 9.85. The van der Waals surface area contributed by atoms with Crippen molar-refractivity contribution in [3.63, 3.8) is 0 Å². The molecule has 1 saturated carbocycles. The molecule has 2 fully saturated rings. The first-order valence-electron chi connectivity index (χ1n) is 6.48. The number of imide groups is 1. The van der Waals surface area contributed by atoms with Crippen LogP contribution in [-0.2, 0) is 9.59 Å². The average molecular weight is 365 g/mol. The Morgan fingerprint density at radius 1 is 0.947 bits per heavy atom. The number of carbonyl (C=O) groups excluding carboxylic acids is 2. The molecule has 1 heterocycles. The smallest absolute Gasteiger partial charge is 0.238 e. The van der Waals surface area contributed by atoms with Crippen molar-refractivity contribution in [1.82, 2.24) is 0 Å². The van der Waals surface area contributed by atoms with Crippen LogP contribution in [0.2, 0.25) is 0 Å². The van der Waals surface area contributed by atoms with E-state index in [0.717, 1.165) is 9.99 Å². The number of allylic oxidation sites excluding steroid dienone is 2. The number of fused-ring (bicyclic) bond motifs is 5. The lowest BCUT2D eigenvalue weighted by Crippen LogP contribution is -2.32. The van der Waals surface area contributed by atoms with Crippen molar-refractivity contribution in [3.05, 3.63) is 40.0 Å². The molecule has 1 aromatic rings. The van der Waals surface area contributed by atoms with Crippen LogP contribution >= 0.6 is 22.6 Å². The van der Waals surface area contributed by atoms with Crippen LogP contribution in [-0.4, -0.2) is 11.8 Å². The SMILES string of the molecule is O=C1C2C3C=CC(C3)C2C(=O)N1c1ccc(I)cc1. The Labute approximate surface area is 124 Å². The van der Waals surface area contributed by atoms with Crippen LogP contribution in [0.1, 0.15) is 6.42 Å². The molecule has 4 atom stereocenters. The summed E-state index contributed by atoms with van der Waals surface area (Å²) in [5.41, 5.74) is 0.712. The van der Waals surface area contributed by atoms with Gasteiger partial charge in [-0.05, 0) is 65.1 Å². The van der Waals surface area contributed by atoms with Crippen LogP contribution in [0, 0.1) is 27.2 Å². The van der Waals surface area contributed by atoms with Gasteiger partial charge >= 0.3 is 0 Å². The molecule has 2 aliphatic carbocycles. The summed E-state index contributed by atoms with van der Waals surface area (Å²) >= 11 is 2.22. The van der Waals surface area contributed by atoms with Gasteiger partial charge in [-0.15, -0.1) is 0 Å². The van der Waals surface area contributed by atoms with Crippen LogP contribution in [0.5, 0.6) is 0 Å². The lowest BCUT2D eigenvalue weighted by Gasteiger charge is -2.17. The van der Waals surface area contributed by atoms with E-state index in [4.69, 9.17) is 0 Å². The van der Waals surface area contributed by atoms with Gasteiger partial charge in [0.1, 0.15) is 0 Å². The van der Waals surface area contributed by atoms with Crippen LogP contribution in [0.4, 0.5) is 5.69 Å². The molecule has 0 aromatic heterocycles. The first-order chi connectivity index (χ1) is 9.16. The topological polar surface area (TPSA) is 37.4 Å². The normalized spacial score (nSPS) is 35.3. The highest BCUT2D eigenvalue weighted by Crippen LogP contribution is 2.53. The molecular weight excluding hydrogens is 353 g/mol. The van der Waals surface area contributed by atoms with Gasteiger partial charge in [-0.3, -0.25) is 14.5 Å². The number of rotatable bonds is 1. The number of amides is 2. The lowest BCUT2D eigenvalue weighted by molar-refractivity contribution is -0.123. The molecule has 1 saturated heterocycles. The third-order valence-electron chi connectivity index (χ3n) is 4.56. The van der Waals surface area contributed by atoms with Gasteiger partial charge < -0.3 is 0 Å². The van der Waals surface area contributed by atoms with Gasteiger partial charge in [0.05, 0.1) is 17.5 Å². The fourth-order valence-corrected chi connectivity index (χ4v) is 4.11. The van der Waals surface area contributed by atoms with Crippen LogP contribution in [0.25, 0.3) is 0 Å². The van der Waals surface area contributed by atoms with Crippen LogP contribution < -0.4 is 4.90 Å². The molecule has 3 nitrogen and oxygen atoms in total. The molecule has 4 heteroatoms. The molecule has 1 aliphatic heterocycles. The summed E-state index contributed by atoms with van der Waals surface area (Å²) in [5, 5.41) is 0. The Hall–Kier alpha value is -1.17. The summed E-state index contributed by atoms with van der Waals surface area (Å²) in [4.78, 5) is 26.5. The number of benzene rings is 1. The Morgan fingerprint density at radius 2 is 1.47 bits per heavy atom. The van der Waals surface area contributed by atoms with E-state index in [1.165, 1.54) is 4.90 Å². The molecule has 4 unspecified atom stereocenters. The van der Waals surface area contributed by atoms with Crippen molar-refractivity contribution in [1.29, 1.82) is 0 Å². The van der Waals surface area contributed by atoms with E-state index < -0.39 is 0 Å². The molecule has 4 rings (SSSR count). The van der Waals surface area contributed by atoms with Crippen molar-refractivity contribution in [2.24, 2.45) is 23.7 Å². The molecule has 2 amide bonds. The monoisotopic (exact) mass is 365 g/mol. The highest BCUT2D eigenvalue weighted by molar-refractivity contribution is 14.1.